The highest BCUT2D eigenvalue weighted by atomic mass is 35.5. The van der Waals surface area contributed by atoms with Gasteiger partial charge < -0.3 is 0 Å². The van der Waals surface area contributed by atoms with E-state index >= 15 is 0 Å². The summed E-state index contributed by atoms with van der Waals surface area (Å²) in [7, 11) is 0. The SMILES string of the molecule is O=[N+]([O-])c1cnn(Cc2cccc(Cl)n2)c1. The van der Waals surface area contributed by atoms with Gasteiger partial charge in [0.1, 0.15) is 17.5 Å². The molecule has 0 atom stereocenters. The minimum Gasteiger partial charge on any atom is -0.260 e. The van der Waals surface area contributed by atoms with E-state index in [1.54, 1.807) is 18.2 Å². The zero-order valence-corrected chi connectivity index (χ0v) is 8.83. The first kappa shape index (κ1) is 10.6. The van der Waals surface area contributed by atoms with Crippen LogP contribution in [0.25, 0.3) is 0 Å². The molecule has 0 aliphatic carbocycles. The van der Waals surface area contributed by atoms with Crippen LogP contribution in [0.15, 0.2) is 30.6 Å². The molecule has 0 aliphatic heterocycles. The first-order valence-electron chi connectivity index (χ1n) is 4.43. The fourth-order valence-corrected chi connectivity index (χ4v) is 1.42. The van der Waals surface area contributed by atoms with Gasteiger partial charge in [-0.3, -0.25) is 14.8 Å². The van der Waals surface area contributed by atoms with Gasteiger partial charge in [-0.2, -0.15) is 5.10 Å². The highest BCUT2D eigenvalue weighted by Crippen LogP contribution is 2.10. The van der Waals surface area contributed by atoms with Gasteiger partial charge in [-0.25, -0.2) is 4.98 Å². The van der Waals surface area contributed by atoms with Crippen LogP contribution >= 0.6 is 11.6 Å². The Kier molecular flexibility index (Phi) is 2.82. The Hall–Kier alpha value is -1.95. The summed E-state index contributed by atoms with van der Waals surface area (Å²) in [4.78, 5) is 14.0. The van der Waals surface area contributed by atoms with E-state index in [2.05, 4.69) is 10.1 Å². The average Bonchev–Trinajstić information content (AvgIpc) is 2.66. The molecule has 82 valence electrons. The molecule has 0 saturated carbocycles. The summed E-state index contributed by atoms with van der Waals surface area (Å²) in [6, 6.07) is 5.21. The molecule has 0 N–H and O–H groups in total. The molecule has 0 saturated heterocycles. The summed E-state index contributed by atoms with van der Waals surface area (Å²) < 4.78 is 1.44. The van der Waals surface area contributed by atoms with Gasteiger partial charge in [0.25, 0.3) is 0 Å². The third kappa shape index (κ3) is 2.34. The Labute approximate surface area is 95.6 Å². The Balaban J connectivity index is 2.17. The monoisotopic (exact) mass is 238 g/mol. The second kappa shape index (κ2) is 4.28. The van der Waals surface area contributed by atoms with Crippen LogP contribution in [-0.2, 0) is 6.54 Å². The summed E-state index contributed by atoms with van der Waals surface area (Å²) in [6.07, 6.45) is 2.55. The van der Waals surface area contributed by atoms with Crippen LogP contribution in [0.3, 0.4) is 0 Å². The molecule has 2 rings (SSSR count). The van der Waals surface area contributed by atoms with E-state index in [4.69, 9.17) is 11.6 Å². The number of aromatic nitrogens is 3. The van der Waals surface area contributed by atoms with Gasteiger partial charge in [0.15, 0.2) is 0 Å². The van der Waals surface area contributed by atoms with Gasteiger partial charge in [-0.1, -0.05) is 17.7 Å². The van der Waals surface area contributed by atoms with Crippen molar-refractivity contribution in [1.29, 1.82) is 0 Å². The summed E-state index contributed by atoms with van der Waals surface area (Å²) >= 11 is 5.72. The molecule has 6 nitrogen and oxygen atoms in total. The number of halogens is 1. The Morgan fingerprint density at radius 3 is 2.94 bits per heavy atom. The molecular formula is C9H7ClN4O2. The van der Waals surface area contributed by atoms with Crippen LogP contribution in [0.4, 0.5) is 5.69 Å². The zero-order valence-electron chi connectivity index (χ0n) is 8.08. The van der Waals surface area contributed by atoms with Crippen LogP contribution in [0.5, 0.6) is 0 Å². The lowest BCUT2D eigenvalue weighted by Crippen LogP contribution is -2.01. The topological polar surface area (TPSA) is 73.8 Å². The molecule has 7 heteroatoms. The molecule has 0 radical (unpaired) electrons. The molecule has 2 aromatic rings. The number of nitro groups is 1. The summed E-state index contributed by atoms with van der Waals surface area (Å²) in [5.74, 6) is 0. The number of rotatable bonds is 3. The summed E-state index contributed by atoms with van der Waals surface area (Å²) in [5, 5.41) is 14.7. The van der Waals surface area contributed by atoms with Crippen LogP contribution in [0.2, 0.25) is 5.15 Å². The maximum atomic E-state index is 10.4. The molecule has 2 heterocycles. The normalized spacial score (nSPS) is 10.3. The Morgan fingerprint density at radius 1 is 1.50 bits per heavy atom. The molecule has 0 bridgehead atoms. The van der Waals surface area contributed by atoms with Gasteiger partial charge >= 0.3 is 5.69 Å². The molecule has 2 aromatic heterocycles. The summed E-state index contributed by atoms with van der Waals surface area (Å²) in [6.45, 7) is 0.356. The Bertz CT molecular complexity index is 526. The largest absolute Gasteiger partial charge is 0.307 e. The highest BCUT2D eigenvalue weighted by Gasteiger charge is 2.09. The van der Waals surface area contributed by atoms with E-state index in [1.165, 1.54) is 17.1 Å². The molecule has 0 fully saturated rings. The van der Waals surface area contributed by atoms with E-state index in [9.17, 15) is 10.1 Å². The molecule has 16 heavy (non-hydrogen) atoms. The second-order valence-corrected chi connectivity index (χ2v) is 3.49. The number of nitrogens with zero attached hydrogens (tertiary/aromatic N) is 4. The van der Waals surface area contributed by atoms with Crippen molar-refractivity contribution in [1.82, 2.24) is 14.8 Å². The van der Waals surface area contributed by atoms with Crippen molar-refractivity contribution in [3.05, 3.63) is 51.6 Å². The molecule has 0 spiro atoms. The molecule has 0 unspecified atom stereocenters. The van der Waals surface area contributed by atoms with Gasteiger partial charge in [-0.05, 0) is 12.1 Å². The van der Waals surface area contributed by atoms with E-state index in [0.717, 1.165) is 0 Å². The van der Waals surface area contributed by atoms with Gasteiger partial charge in [0.2, 0.25) is 0 Å². The van der Waals surface area contributed by atoms with E-state index < -0.39 is 4.92 Å². The molecule has 0 aromatic carbocycles. The fourth-order valence-electron chi connectivity index (χ4n) is 1.24. The van der Waals surface area contributed by atoms with Gasteiger partial charge in [0.05, 0.1) is 17.2 Å². The lowest BCUT2D eigenvalue weighted by Gasteiger charge is -2.00. The minimum absolute atomic E-state index is 0.0398. The van der Waals surface area contributed by atoms with Crippen molar-refractivity contribution in [3.8, 4) is 0 Å². The highest BCUT2D eigenvalue weighted by molar-refractivity contribution is 6.29. The first-order chi connectivity index (χ1) is 7.65. The van der Waals surface area contributed by atoms with E-state index in [1.807, 2.05) is 0 Å². The smallest absolute Gasteiger partial charge is 0.260 e. The zero-order chi connectivity index (χ0) is 11.5. The van der Waals surface area contributed by atoms with Crippen molar-refractivity contribution in [2.75, 3.05) is 0 Å². The van der Waals surface area contributed by atoms with E-state index in [-0.39, 0.29) is 5.69 Å². The average molecular weight is 239 g/mol. The predicted molar refractivity (Wildman–Crippen MR) is 57.2 cm³/mol. The third-order valence-corrected chi connectivity index (χ3v) is 2.14. The van der Waals surface area contributed by atoms with Crippen LogP contribution in [0, 0.1) is 10.1 Å². The first-order valence-corrected chi connectivity index (χ1v) is 4.81. The maximum absolute atomic E-state index is 10.4. The maximum Gasteiger partial charge on any atom is 0.307 e. The lowest BCUT2D eigenvalue weighted by molar-refractivity contribution is -0.385. The van der Waals surface area contributed by atoms with Crippen LogP contribution in [-0.4, -0.2) is 19.7 Å². The molecule has 0 aliphatic rings. The summed E-state index contributed by atoms with van der Waals surface area (Å²) in [5.41, 5.74) is 0.660. The van der Waals surface area contributed by atoms with Crippen molar-refractivity contribution in [2.45, 2.75) is 6.54 Å². The number of hydrogen-bond acceptors (Lipinski definition) is 4. The predicted octanol–water partition coefficient (Wildman–Crippen LogP) is 1.89. The molecular weight excluding hydrogens is 232 g/mol. The van der Waals surface area contributed by atoms with Crippen molar-refractivity contribution < 1.29 is 4.92 Å². The Morgan fingerprint density at radius 2 is 2.31 bits per heavy atom. The fraction of sp³-hybridized carbons (Fsp3) is 0.111. The molecule has 0 amide bonds. The van der Waals surface area contributed by atoms with Crippen LogP contribution < -0.4 is 0 Å². The van der Waals surface area contributed by atoms with Gasteiger partial charge in [-0.15, -0.1) is 0 Å². The van der Waals surface area contributed by atoms with Crippen LogP contribution in [0.1, 0.15) is 5.69 Å². The van der Waals surface area contributed by atoms with E-state index in [0.29, 0.717) is 17.4 Å². The quantitative estimate of drug-likeness (QED) is 0.465. The van der Waals surface area contributed by atoms with Crippen molar-refractivity contribution in [2.24, 2.45) is 0 Å². The second-order valence-electron chi connectivity index (χ2n) is 3.10. The van der Waals surface area contributed by atoms with Gasteiger partial charge in [0, 0.05) is 0 Å². The van der Waals surface area contributed by atoms with Crippen molar-refractivity contribution >= 4 is 17.3 Å². The number of pyridine rings is 1. The lowest BCUT2D eigenvalue weighted by atomic mass is 10.3. The number of hydrogen-bond donors (Lipinski definition) is 0. The minimum atomic E-state index is -0.491. The standard InChI is InChI=1S/C9H7ClN4O2/c10-9-3-1-2-7(12-9)5-13-6-8(4-11-13)14(15)16/h1-4,6H,5H2. The third-order valence-electron chi connectivity index (χ3n) is 1.93. The van der Waals surface area contributed by atoms with Crippen molar-refractivity contribution in [3.63, 3.8) is 0 Å².